The first-order valence-corrected chi connectivity index (χ1v) is 6.84. The van der Waals surface area contributed by atoms with Gasteiger partial charge < -0.3 is 9.30 Å². The molecule has 0 bridgehead atoms. The van der Waals surface area contributed by atoms with Gasteiger partial charge in [-0.1, -0.05) is 11.6 Å². The molecule has 108 valence electrons. The Morgan fingerprint density at radius 3 is 2.70 bits per heavy atom. The second-order valence-corrected chi connectivity index (χ2v) is 5.04. The molecule has 0 spiro atoms. The van der Waals surface area contributed by atoms with Crippen molar-refractivity contribution in [3.05, 3.63) is 39.9 Å². The van der Waals surface area contributed by atoms with Crippen molar-refractivity contribution in [2.45, 2.75) is 27.3 Å². The molecule has 0 unspecified atom stereocenters. The standard InChI is InChI=1S/C14H18ClN3O2/c1-5-20-14(19)13-9(2)6-7-18(13)8-11-12(15)10(3)16-17(11)4/h6-7H,5,8H2,1-4H3. The SMILES string of the molecule is CCOC(=O)c1c(C)ccn1Cc1c(Cl)c(C)nn1C. The summed E-state index contributed by atoms with van der Waals surface area (Å²) in [6, 6.07) is 1.89. The second kappa shape index (κ2) is 5.71. The predicted molar refractivity (Wildman–Crippen MR) is 77.2 cm³/mol. The van der Waals surface area contributed by atoms with Crippen LogP contribution in [0.4, 0.5) is 0 Å². The highest BCUT2D eigenvalue weighted by Crippen LogP contribution is 2.22. The number of esters is 1. The van der Waals surface area contributed by atoms with E-state index in [9.17, 15) is 4.79 Å². The van der Waals surface area contributed by atoms with Crippen molar-refractivity contribution >= 4 is 17.6 Å². The van der Waals surface area contributed by atoms with Gasteiger partial charge in [0.1, 0.15) is 5.69 Å². The Balaban J connectivity index is 2.37. The molecule has 2 aromatic rings. The van der Waals surface area contributed by atoms with Crippen LogP contribution in [0.15, 0.2) is 12.3 Å². The average molecular weight is 296 g/mol. The lowest BCUT2D eigenvalue weighted by Crippen LogP contribution is -2.15. The van der Waals surface area contributed by atoms with E-state index >= 15 is 0 Å². The lowest BCUT2D eigenvalue weighted by molar-refractivity contribution is 0.0513. The van der Waals surface area contributed by atoms with Crippen LogP contribution < -0.4 is 0 Å². The van der Waals surface area contributed by atoms with Gasteiger partial charge in [0.25, 0.3) is 0 Å². The number of halogens is 1. The van der Waals surface area contributed by atoms with Crippen LogP contribution in [0.3, 0.4) is 0 Å². The Morgan fingerprint density at radius 2 is 2.15 bits per heavy atom. The van der Waals surface area contributed by atoms with Crippen molar-refractivity contribution in [3.63, 3.8) is 0 Å². The molecule has 0 saturated carbocycles. The van der Waals surface area contributed by atoms with Crippen LogP contribution in [-0.4, -0.2) is 26.9 Å². The van der Waals surface area contributed by atoms with Gasteiger partial charge in [-0.05, 0) is 32.4 Å². The Kier molecular flexibility index (Phi) is 4.18. The van der Waals surface area contributed by atoms with Crippen molar-refractivity contribution in [2.75, 3.05) is 6.61 Å². The number of aryl methyl sites for hydroxylation is 3. The Labute approximate surface area is 123 Å². The lowest BCUT2D eigenvalue weighted by atomic mass is 10.2. The third kappa shape index (κ3) is 2.58. The molecule has 0 aromatic carbocycles. The van der Waals surface area contributed by atoms with Crippen LogP contribution in [-0.2, 0) is 18.3 Å². The van der Waals surface area contributed by atoms with Crippen LogP contribution in [0.1, 0.15) is 34.4 Å². The van der Waals surface area contributed by atoms with Gasteiger partial charge in [0.2, 0.25) is 0 Å². The first-order chi connectivity index (χ1) is 9.45. The van der Waals surface area contributed by atoms with Crippen LogP contribution in [0, 0.1) is 13.8 Å². The van der Waals surface area contributed by atoms with Gasteiger partial charge in [0.15, 0.2) is 0 Å². The van der Waals surface area contributed by atoms with Crippen molar-refractivity contribution in [2.24, 2.45) is 7.05 Å². The number of rotatable bonds is 4. The minimum absolute atomic E-state index is 0.315. The zero-order valence-electron chi connectivity index (χ0n) is 12.1. The molecule has 0 fully saturated rings. The van der Waals surface area contributed by atoms with Gasteiger partial charge in [-0.25, -0.2) is 4.79 Å². The summed E-state index contributed by atoms with van der Waals surface area (Å²) in [7, 11) is 1.84. The molecule has 0 N–H and O–H groups in total. The van der Waals surface area contributed by atoms with Crippen molar-refractivity contribution in [1.82, 2.24) is 14.3 Å². The zero-order chi connectivity index (χ0) is 14.9. The molecule has 2 rings (SSSR count). The molecule has 6 heteroatoms. The van der Waals surface area contributed by atoms with Crippen molar-refractivity contribution in [1.29, 1.82) is 0 Å². The summed E-state index contributed by atoms with van der Waals surface area (Å²) in [5.41, 5.74) is 3.09. The third-order valence-corrected chi connectivity index (χ3v) is 3.71. The molecular formula is C14H18ClN3O2. The molecule has 5 nitrogen and oxygen atoms in total. The highest BCUT2D eigenvalue weighted by Gasteiger charge is 2.18. The normalized spacial score (nSPS) is 10.8. The Morgan fingerprint density at radius 1 is 1.45 bits per heavy atom. The summed E-state index contributed by atoms with van der Waals surface area (Å²) >= 11 is 6.25. The first kappa shape index (κ1) is 14.7. The van der Waals surface area contributed by atoms with Crippen LogP contribution in [0.5, 0.6) is 0 Å². The molecule has 0 aliphatic carbocycles. The fraction of sp³-hybridized carbons (Fsp3) is 0.429. The van der Waals surface area contributed by atoms with E-state index in [0.29, 0.717) is 23.9 Å². The summed E-state index contributed by atoms with van der Waals surface area (Å²) in [5, 5.41) is 4.91. The molecule has 0 saturated heterocycles. The summed E-state index contributed by atoms with van der Waals surface area (Å²) < 4.78 is 8.68. The van der Waals surface area contributed by atoms with E-state index in [1.165, 1.54) is 0 Å². The largest absolute Gasteiger partial charge is 0.461 e. The fourth-order valence-corrected chi connectivity index (χ4v) is 2.42. The van der Waals surface area contributed by atoms with E-state index in [1.54, 1.807) is 11.6 Å². The van der Waals surface area contributed by atoms with Gasteiger partial charge >= 0.3 is 5.97 Å². The minimum Gasteiger partial charge on any atom is -0.461 e. The minimum atomic E-state index is -0.315. The van der Waals surface area contributed by atoms with Crippen molar-refractivity contribution in [3.8, 4) is 0 Å². The number of aromatic nitrogens is 3. The number of carbonyl (C=O) groups excluding carboxylic acids is 1. The van der Waals surface area contributed by atoms with E-state index < -0.39 is 0 Å². The van der Waals surface area contributed by atoms with Crippen molar-refractivity contribution < 1.29 is 9.53 Å². The molecule has 0 amide bonds. The van der Waals surface area contributed by atoms with Crippen LogP contribution >= 0.6 is 11.6 Å². The van der Waals surface area contributed by atoms with Gasteiger partial charge in [-0.3, -0.25) is 4.68 Å². The average Bonchev–Trinajstić information content (AvgIpc) is 2.86. The lowest BCUT2D eigenvalue weighted by Gasteiger charge is -2.10. The molecule has 0 radical (unpaired) electrons. The zero-order valence-corrected chi connectivity index (χ0v) is 12.9. The highest BCUT2D eigenvalue weighted by molar-refractivity contribution is 6.31. The summed E-state index contributed by atoms with van der Waals surface area (Å²) in [5.74, 6) is -0.315. The maximum Gasteiger partial charge on any atom is 0.355 e. The molecule has 0 atom stereocenters. The summed E-state index contributed by atoms with van der Waals surface area (Å²) in [6.07, 6.45) is 1.86. The van der Waals surface area contributed by atoms with Crippen LogP contribution in [0.2, 0.25) is 5.02 Å². The van der Waals surface area contributed by atoms with E-state index in [2.05, 4.69) is 5.10 Å². The van der Waals surface area contributed by atoms with E-state index in [1.807, 2.05) is 37.7 Å². The third-order valence-electron chi connectivity index (χ3n) is 3.22. The maximum atomic E-state index is 12.0. The topological polar surface area (TPSA) is 49.1 Å². The van der Waals surface area contributed by atoms with Gasteiger partial charge in [0, 0.05) is 13.2 Å². The first-order valence-electron chi connectivity index (χ1n) is 6.46. The quantitative estimate of drug-likeness (QED) is 0.815. The second-order valence-electron chi connectivity index (χ2n) is 4.67. The van der Waals surface area contributed by atoms with E-state index in [0.717, 1.165) is 17.0 Å². The number of carbonyl (C=O) groups is 1. The Hall–Kier alpha value is -1.75. The van der Waals surface area contributed by atoms with E-state index in [-0.39, 0.29) is 5.97 Å². The van der Waals surface area contributed by atoms with Gasteiger partial charge in [-0.2, -0.15) is 5.10 Å². The number of ether oxygens (including phenoxy) is 1. The molecule has 0 aliphatic rings. The predicted octanol–water partition coefficient (Wildman–Crippen LogP) is 2.72. The maximum absolute atomic E-state index is 12.0. The Bertz CT molecular complexity index is 643. The fourth-order valence-electron chi connectivity index (χ4n) is 2.20. The highest BCUT2D eigenvalue weighted by atomic mass is 35.5. The number of nitrogens with zero attached hydrogens (tertiary/aromatic N) is 3. The molecule has 20 heavy (non-hydrogen) atoms. The number of hydrogen-bond donors (Lipinski definition) is 0. The number of hydrogen-bond acceptors (Lipinski definition) is 3. The van der Waals surface area contributed by atoms with Crippen LogP contribution in [0.25, 0.3) is 0 Å². The molecule has 0 aliphatic heterocycles. The molecular weight excluding hydrogens is 278 g/mol. The van der Waals surface area contributed by atoms with Gasteiger partial charge in [0.05, 0.1) is 29.6 Å². The van der Waals surface area contributed by atoms with Gasteiger partial charge in [-0.15, -0.1) is 0 Å². The van der Waals surface area contributed by atoms with E-state index in [4.69, 9.17) is 16.3 Å². The summed E-state index contributed by atoms with van der Waals surface area (Å²) in [6.45, 7) is 6.38. The molecule has 2 heterocycles. The summed E-state index contributed by atoms with van der Waals surface area (Å²) in [4.78, 5) is 12.0. The molecule has 2 aromatic heterocycles. The smallest absolute Gasteiger partial charge is 0.355 e. The monoisotopic (exact) mass is 295 g/mol.